The first-order chi connectivity index (χ1) is 75.2. The summed E-state index contributed by atoms with van der Waals surface area (Å²) in [6.07, 6.45) is -42.4. The third-order valence-electron chi connectivity index (χ3n) is 21.2. The van der Waals surface area contributed by atoms with Crippen molar-refractivity contribution in [2.45, 2.75) is 225 Å². The molecule has 10 heterocycles. The van der Waals surface area contributed by atoms with E-state index in [1.807, 2.05) is 13.8 Å². The Morgan fingerprint density at radius 2 is 0.522 bits per heavy atom. The van der Waals surface area contributed by atoms with E-state index >= 15 is 0 Å². The molecule has 19 unspecified atom stereocenters. The molecule has 10 aliphatic heterocycles. The van der Waals surface area contributed by atoms with E-state index in [0.29, 0.717) is 87.7 Å². The molecule has 15 rings (SSSR count). The molecule has 115 heavy (non-hydrogen) atoms. The van der Waals surface area contributed by atoms with E-state index in [1.54, 1.807) is 35.2 Å². The van der Waals surface area contributed by atoms with Gasteiger partial charge in [0.25, 0.3) is 0 Å². The van der Waals surface area contributed by atoms with Gasteiger partial charge in [-0.3, -0.25) is 24.5 Å². The van der Waals surface area contributed by atoms with Crippen molar-refractivity contribution in [3.63, 3.8) is 0 Å². The van der Waals surface area contributed by atoms with Crippen molar-refractivity contribution < 1.29 is 146 Å². The Hall–Kier alpha value is -6.30. The van der Waals surface area contributed by atoms with Gasteiger partial charge in [-0.1, -0.05) is 68.9 Å². The van der Waals surface area contributed by atoms with Crippen LogP contribution in [0.3, 0.4) is 0 Å². The molecule has 0 saturated carbocycles. The highest BCUT2D eigenvalue weighted by atomic mass is 16.5. The average molecular weight is 1650 g/mol. The van der Waals surface area contributed by atoms with Crippen molar-refractivity contribution in [3.05, 3.63) is 116 Å². The molecule has 0 bridgehead atoms. The molecule has 5 aromatic rings. The molecular weight excluding hydrogens is 1450 g/mol. The Kier molecular flexibility index (Phi) is 15.1. The number of nitrogens with zero attached hydrogens (tertiary/aromatic N) is 5. The summed E-state index contributed by atoms with van der Waals surface area (Å²) in [5, 5.41) is 55.9. The molecule has 5 N–H and O–H groups in total. The SMILES string of the molecule is [2H]C([2H])([2H])C([2H])(C)C([2H])([2H])C1([2H])CN2CCc3cc(OC)c(OC)cc3C2C([2H])([2H])C1([2H])O.[2H]C([2H])([2H])C([2H])(C)C([2H])([2H])C1([2H])CN2CCc3cc(OC)c(OC)cc3C2C([2H])([2H])C1([2H])O.[2H]C([2H])([2H])Oc1cc2c(cc1OC)CCN1CC([2H])(C([2H])([2H])C([2H])(C)C([2H])([2H])[2H])C([2H])(O)C([2H])([2H])C21.[2H]C([2H])([2H])Oc1cc2c(cc1OC)CCN1CC([2H])(C([2H])([2H])C([2H])(C)C([2H])([2H])[2H])C([2H])(O)C([2H])([2H])C21.[2H]C([2H])([2H])Oc1cc2c(cc1OC)CCN1CC([2H])(CC(C)C)C([2H])(O)C([2H])([2H])C21. The third-order valence-corrected chi connectivity index (χ3v) is 21.2. The third kappa shape index (κ3) is 21.1. The number of hydrogen-bond acceptors (Lipinski definition) is 20. The topological polar surface area (TPSA) is 210 Å². The molecule has 0 radical (unpaired) electrons. The van der Waals surface area contributed by atoms with Crippen molar-refractivity contribution in [1.29, 1.82) is 0 Å². The van der Waals surface area contributed by atoms with Gasteiger partial charge in [0.1, 0.15) is 0 Å². The number of ether oxygens (including phenoxy) is 10. The number of fused-ring (bicyclic) bond motifs is 15. The average Bonchev–Trinajstić information content (AvgIpc) is 0.682. The Balaban J connectivity index is 0.000000197. The van der Waals surface area contributed by atoms with Crippen LogP contribution in [0.4, 0.5) is 0 Å². The highest BCUT2D eigenvalue weighted by molar-refractivity contribution is 5.54. The highest BCUT2D eigenvalue weighted by Crippen LogP contribution is 2.50. The minimum Gasteiger partial charge on any atom is -0.493 e. The number of hydrogen-bond donors (Lipinski definition) is 5. The molecule has 20 nitrogen and oxygen atoms in total. The van der Waals surface area contributed by atoms with E-state index in [2.05, 4.69) is 0 Å². The Morgan fingerprint density at radius 3 is 0.713 bits per heavy atom. The fraction of sp³-hybridized carbons (Fsp3) is 0.684. The largest absolute Gasteiger partial charge is 0.493 e. The lowest BCUT2D eigenvalue weighted by molar-refractivity contribution is -0.0192. The maximum Gasteiger partial charge on any atom is 0.161 e. The lowest BCUT2D eigenvalue weighted by Gasteiger charge is -2.46. The van der Waals surface area contributed by atoms with Crippen LogP contribution < -0.4 is 47.4 Å². The van der Waals surface area contributed by atoms with Crippen LogP contribution in [0.15, 0.2) is 60.7 Å². The normalized spacial score (nSPS) is 46.1. The van der Waals surface area contributed by atoms with Gasteiger partial charge in [-0.25, -0.2) is 0 Å². The Labute approximate surface area is 764 Å². The van der Waals surface area contributed by atoms with E-state index < -0.39 is 246 Å². The number of methoxy groups -OCH3 is 10. The van der Waals surface area contributed by atoms with Gasteiger partial charge in [-0.05, 0) is 271 Å². The van der Waals surface area contributed by atoms with Crippen LogP contribution in [0, 0.1) is 59.0 Å². The quantitative estimate of drug-likeness (QED) is 0.0491. The van der Waals surface area contributed by atoms with Crippen LogP contribution in [-0.4, -0.2) is 217 Å². The predicted molar refractivity (Wildman–Crippen MR) is 456 cm³/mol. The first-order valence-electron chi connectivity index (χ1n) is 64.2. The zero-order chi connectivity index (χ0) is 129. The Bertz CT molecular complexity index is 6160. The fourth-order valence-electron chi connectivity index (χ4n) is 15.9. The summed E-state index contributed by atoms with van der Waals surface area (Å²) in [4.78, 5) is 7.30. The molecule has 0 aliphatic carbocycles. The lowest BCUT2D eigenvalue weighted by Crippen LogP contribution is -2.48. The van der Waals surface area contributed by atoms with Gasteiger partial charge in [0.2, 0.25) is 0 Å². The minimum atomic E-state index is -3.53. The van der Waals surface area contributed by atoms with Crippen LogP contribution in [0.2, 0.25) is 0 Å². The number of aliphatic hydroxyl groups is 5. The molecule has 10 aliphatic rings. The van der Waals surface area contributed by atoms with Crippen LogP contribution in [-0.2, 0) is 32.1 Å². The first kappa shape index (κ1) is 42.8. The first-order valence-corrected chi connectivity index (χ1v) is 37.7. The van der Waals surface area contributed by atoms with Crippen molar-refractivity contribution in [3.8, 4) is 57.5 Å². The molecule has 5 saturated heterocycles. The van der Waals surface area contributed by atoms with Crippen LogP contribution in [0.1, 0.15) is 291 Å². The van der Waals surface area contributed by atoms with Crippen LogP contribution >= 0.6 is 0 Å². The van der Waals surface area contributed by atoms with Gasteiger partial charge in [0.05, 0.1) is 120 Å². The fourth-order valence-corrected chi connectivity index (χ4v) is 15.9. The Morgan fingerprint density at radius 1 is 0.330 bits per heavy atom. The van der Waals surface area contributed by atoms with Crippen molar-refractivity contribution in [2.75, 3.05) is 136 Å². The van der Waals surface area contributed by atoms with Crippen molar-refractivity contribution >= 4 is 0 Å². The summed E-state index contributed by atoms with van der Waals surface area (Å²) in [5.41, 5.74) is 4.73. The zero-order valence-electron chi connectivity index (χ0n) is 120. The second-order valence-corrected chi connectivity index (χ2v) is 29.4. The summed E-state index contributed by atoms with van der Waals surface area (Å²) in [7, 11) is 1.29. The van der Waals surface area contributed by atoms with E-state index in [4.69, 9.17) is 120 Å². The maximum atomic E-state index is 11.2. The van der Waals surface area contributed by atoms with Crippen molar-refractivity contribution in [1.82, 2.24) is 24.5 Å². The standard InChI is InChI=1S/5C19H29NO3/c5*1-12(2)7-14-11-20-6-5-13-8-18(22-3)19(23-4)9-15(13)16(20)10-17(14)21/h5*8-9,12,14,16-17,21H,5-7,10-11H2,1-4H3/i2*1D3,4D3,7D2,10D2,12D,14D,17D;2*1D3,7D2,10D2,12D,14D,17D;4D3,10D2,14D,17D. The summed E-state index contributed by atoms with van der Waals surface area (Å²) < 4.78 is 486. The molecule has 0 amide bonds. The zero-order valence-corrected chi connectivity index (χ0v) is 67.1. The van der Waals surface area contributed by atoms with Gasteiger partial charge in [-0.15, -0.1) is 0 Å². The van der Waals surface area contributed by atoms with Gasteiger partial charge in [-0.2, -0.15) is 0 Å². The summed E-state index contributed by atoms with van der Waals surface area (Å²) in [6.45, 7) is -7.98. The smallest absolute Gasteiger partial charge is 0.161 e. The monoisotopic (exact) mass is 1650 g/mol. The summed E-state index contributed by atoms with van der Waals surface area (Å²) in [5.74, 6) is -24.3. The second-order valence-electron chi connectivity index (χ2n) is 29.4. The number of piperidine rings is 5. The van der Waals surface area contributed by atoms with Gasteiger partial charge in [0, 0.05) is 149 Å². The second kappa shape index (κ2) is 40.6. The van der Waals surface area contributed by atoms with Gasteiger partial charge in [0.15, 0.2) is 57.5 Å². The number of rotatable bonds is 20. The molecule has 5 fully saturated rings. The van der Waals surface area contributed by atoms with Gasteiger partial charge >= 0.3 is 0 Å². The van der Waals surface area contributed by atoms with Gasteiger partial charge < -0.3 is 72.9 Å². The predicted octanol–water partition coefficient (Wildman–Crippen LogP) is 15.1. The molecule has 0 aromatic heterocycles. The molecule has 640 valence electrons. The van der Waals surface area contributed by atoms with E-state index in [0.717, 1.165) is 33.3 Å². The molecule has 19 atom stereocenters. The van der Waals surface area contributed by atoms with E-state index in [-0.39, 0.29) is 104 Å². The summed E-state index contributed by atoms with van der Waals surface area (Å²) in [6, 6.07) is 8.54. The van der Waals surface area contributed by atoms with E-state index in [1.165, 1.54) is 99.7 Å². The summed E-state index contributed by atoms with van der Waals surface area (Å²) >= 11 is 0. The highest BCUT2D eigenvalue weighted by Gasteiger charge is 2.45. The molecule has 20 heteroatoms. The van der Waals surface area contributed by atoms with Crippen molar-refractivity contribution in [2.24, 2.45) is 59.0 Å². The van der Waals surface area contributed by atoms with E-state index in [9.17, 15) is 25.5 Å². The molecular formula is C95H145N5O15. The molecule has 5 aromatic carbocycles. The molecule has 0 spiro atoms. The van der Waals surface area contributed by atoms with Crippen LogP contribution in [0.5, 0.6) is 57.5 Å². The number of benzene rings is 5. The lowest BCUT2D eigenvalue weighted by atomic mass is 9.79. The minimum absolute atomic E-state index is 0.00681. The maximum absolute atomic E-state index is 11.2. The van der Waals surface area contributed by atoms with Crippen LogP contribution in [0.25, 0.3) is 0 Å².